The molecule has 3 aromatic rings. The van der Waals surface area contributed by atoms with Gasteiger partial charge in [0.1, 0.15) is 10.7 Å². The Hall–Kier alpha value is -2.05. The van der Waals surface area contributed by atoms with Crippen LogP contribution in [0.15, 0.2) is 40.2 Å². The van der Waals surface area contributed by atoms with E-state index in [4.69, 9.17) is 10.3 Å². The lowest BCUT2D eigenvalue weighted by molar-refractivity contribution is 0.372. The zero-order valence-electron chi connectivity index (χ0n) is 12.0. The lowest BCUT2D eigenvalue weighted by Gasteiger charge is -2.17. The van der Waals surface area contributed by atoms with Crippen LogP contribution in [0, 0.1) is 0 Å². The molecule has 1 aliphatic carbocycles. The van der Waals surface area contributed by atoms with Crippen LogP contribution >= 0.6 is 11.3 Å². The highest BCUT2D eigenvalue weighted by molar-refractivity contribution is 7.13. The first kappa shape index (κ1) is 13.6. The average molecular weight is 312 g/mol. The summed E-state index contributed by atoms with van der Waals surface area (Å²) in [7, 11) is 0. The maximum absolute atomic E-state index is 6.37. The lowest BCUT2D eigenvalue weighted by Crippen LogP contribution is -2.34. The van der Waals surface area contributed by atoms with E-state index in [9.17, 15) is 0 Å². The van der Waals surface area contributed by atoms with Crippen molar-refractivity contribution in [1.82, 2.24) is 15.1 Å². The van der Waals surface area contributed by atoms with Gasteiger partial charge in [-0.2, -0.15) is 4.98 Å². The van der Waals surface area contributed by atoms with Crippen molar-refractivity contribution in [3.63, 3.8) is 0 Å². The van der Waals surface area contributed by atoms with Gasteiger partial charge in [-0.15, -0.1) is 11.3 Å². The third kappa shape index (κ3) is 2.34. The van der Waals surface area contributed by atoms with Crippen molar-refractivity contribution < 1.29 is 4.52 Å². The van der Waals surface area contributed by atoms with Crippen LogP contribution in [-0.2, 0) is 5.54 Å². The molecule has 0 bridgehead atoms. The minimum atomic E-state index is -0.431. The molecule has 1 fully saturated rings. The van der Waals surface area contributed by atoms with Gasteiger partial charge in [-0.1, -0.05) is 48.3 Å². The molecule has 5 nitrogen and oxygen atoms in total. The first-order valence-corrected chi connectivity index (χ1v) is 8.27. The molecule has 0 amide bonds. The Kier molecular flexibility index (Phi) is 3.28. The summed E-state index contributed by atoms with van der Waals surface area (Å²) in [6.45, 7) is 0. The molecule has 6 heteroatoms. The van der Waals surface area contributed by atoms with Gasteiger partial charge in [-0.3, -0.25) is 0 Å². The standard InChI is InChI=1S/C16H16N4OS/c17-16(8-4-5-9-16)15-19-13(21-20-15)12-10-22-14(18-12)11-6-2-1-3-7-11/h1-3,6-7,10H,4-5,8-9,17H2. The molecular weight excluding hydrogens is 296 g/mol. The van der Waals surface area contributed by atoms with Crippen molar-refractivity contribution in [2.45, 2.75) is 31.2 Å². The van der Waals surface area contributed by atoms with Crippen molar-refractivity contribution in [2.75, 3.05) is 0 Å². The van der Waals surface area contributed by atoms with Gasteiger partial charge in [-0.25, -0.2) is 4.98 Å². The highest BCUT2D eigenvalue weighted by atomic mass is 32.1. The highest BCUT2D eigenvalue weighted by Crippen LogP contribution is 2.36. The minimum absolute atomic E-state index is 0.431. The first-order chi connectivity index (χ1) is 10.7. The van der Waals surface area contributed by atoms with Gasteiger partial charge in [0.2, 0.25) is 0 Å². The summed E-state index contributed by atoms with van der Waals surface area (Å²) >= 11 is 1.57. The Morgan fingerprint density at radius 1 is 1.09 bits per heavy atom. The fourth-order valence-corrected chi connectivity index (χ4v) is 3.64. The van der Waals surface area contributed by atoms with Crippen LogP contribution in [0.3, 0.4) is 0 Å². The van der Waals surface area contributed by atoms with Gasteiger partial charge in [0.25, 0.3) is 5.89 Å². The molecule has 1 saturated carbocycles. The maximum atomic E-state index is 6.37. The number of nitrogens with zero attached hydrogens (tertiary/aromatic N) is 3. The third-order valence-corrected chi connectivity index (χ3v) is 5.00. The van der Waals surface area contributed by atoms with Crippen molar-refractivity contribution in [2.24, 2.45) is 5.73 Å². The summed E-state index contributed by atoms with van der Waals surface area (Å²) in [6.07, 6.45) is 4.07. The van der Waals surface area contributed by atoms with E-state index in [1.807, 2.05) is 35.7 Å². The number of nitrogens with two attached hydrogens (primary N) is 1. The smallest absolute Gasteiger partial charge is 0.277 e. The number of thiazole rings is 1. The lowest BCUT2D eigenvalue weighted by atomic mass is 9.99. The van der Waals surface area contributed by atoms with Gasteiger partial charge in [0.05, 0.1) is 5.54 Å². The number of hydrogen-bond donors (Lipinski definition) is 1. The second-order valence-corrected chi connectivity index (χ2v) is 6.55. The Labute approximate surface area is 132 Å². The molecule has 0 unspecified atom stereocenters. The predicted molar refractivity (Wildman–Crippen MR) is 85.2 cm³/mol. The summed E-state index contributed by atoms with van der Waals surface area (Å²) in [5, 5.41) is 6.97. The van der Waals surface area contributed by atoms with Crippen LogP contribution in [0.5, 0.6) is 0 Å². The van der Waals surface area contributed by atoms with E-state index in [2.05, 4.69) is 15.1 Å². The summed E-state index contributed by atoms with van der Waals surface area (Å²) in [4.78, 5) is 9.08. The number of hydrogen-bond acceptors (Lipinski definition) is 6. The van der Waals surface area contributed by atoms with Crippen LogP contribution in [0.1, 0.15) is 31.5 Å². The van der Waals surface area contributed by atoms with E-state index in [1.165, 1.54) is 0 Å². The summed E-state index contributed by atoms with van der Waals surface area (Å²) in [6, 6.07) is 10.1. The third-order valence-electron chi connectivity index (χ3n) is 4.11. The molecule has 0 saturated heterocycles. The van der Waals surface area contributed by atoms with Crippen molar-refractivity contribution in [3.05, 3.63) is 41.5 Å². The monoisotopic (exact) mass is 312 g/mol. The van der Waals surface area contributed by atoms with Crippen LogP contribution in [0.2, 0.25) is 0 Å². The van der Waals surface area contributed by atoms with E-state index in [0.29, 0.717) is 17.4 Å². The quantitative estimate of drug-likeness (QED) is 0.799. The number of rotatable bonds is 3. The number of benzene rings is 1. The molecule has 1 aromatic carbocycles. The topological polar surface area (TPSA) is 77.8 Å². The first-order valence-electron chi connectivity index (χ1n) is 7.39. The van der Waals surface area contributed by atoms with Crippen LogP contribution < -0.4 is 5.73 Å². The normalized spacial score (nSPS) is 17.0. The van der Waals surface area contributed by atoms with E-state index >= 15 is 0 Å². The van der Waals surface area contributed by atoms with E-state index in [-0.39, 0.29) is 0 Å². The van der Waals surface area contributed by atoms with E-state index in [1.54, 1.807) is 11.3 Å². The zero-order valence-corrected chi connectivity index (χ0v) is 12.8. The fourth-order valence-electron chi connectivity index (χ4n) is 2.84. The average Bonchev–Trinajstić information content (AvgIpc) is 3.28. The minimum Gasteiger partial charge on any atom is -0.332 e. The Balaban J connectivity index is 1.63. The molecule has 0 aliphatic heterocycles. The molecule has 2 heterocycles. The Morgan fingerprint density at radius 2 is 1.86 bits per heavy atom. The highest BCUT2D eigenvalue weighted by Gasteiger charge is 2.36. The predicted octanol–water partition coefficient (Wildman–Crippen LogP) is 3.59. The summed E-state index contributed by atoms with van der Waals surface area (Å²) in [5.41, 5.74) is 7.73. The van der Waals surface area contributed by atoms with Gasteiger partial charge in [0.15, 0.2) is 5.82 Å². The van der Waals surface area contributed by atoms with Crippen LogP contribution in [0.25, 0.3) is 22.2 Å². The van der Waals surface area contributed by atoms with Crippen molar-refractivity contribution in [3.8, 4) is 22.2 Å². The van der Waals surface area contributed by atoms with E-state index < -0.39 is 5.54 Å². The molecule has 4 rings (SSSR count). The fraction of sp³-hybridized carbons (Fsp3) is 0.312. The summed E-state index contributed by atoms with van der Waals surface area (Å²) < 4.78 is 5.38. The second kappa shape index (κ2) is 5.30. The van der Waals surface area contributed by atoms with Crippen molar-refractivity contribution in [1.29, 1.82) is 0 Å². The molecule has 112 valence electrons. The summed E-state index contributed by atoms with van der Waals surface area (Å²) in [5.74, 6) is 1.06. The SMILES string of the molecule is NC1(c2noc(-c3csc(-c4ccccc4)n3)n2)CCCC1. The molecule has 1 aliphatic rings. The van der Waals surface area contributed by atoms with Gasteiger partial charge in [-0.05, 0) is 12.8 Å². The van der Waals surface area contributed by atoms with Crippen molar-refractivity contribution >= 4 is 11.3 Å². The Bertz CT molecular complexity index is 774. The molecule has 0 spiro atoms. The van der Waals surface area contributed by atoms with E-state index in [0.717, 1.165) is 36.3 Å². The molecule has 0 radical (unpaired) electrons. The molecule has 22 heavy (non-hydrogen) atoms. The van der Waals surface area contributed by atoms with Gasteiger partial charge >= 0.3 is 0 Å². The molecular formula is C16H16N4OS. The van der Waals surface area contributed by atoms with Gasteiger partial charge < -0.3 is 10.3 Å². The molecule has 2 N–H and O–H groups in total. The maximum Gasteiger partial charge on any atom is 0.277 e. The number of aromatic nitrogens is 3. The largest absolute Gasteiger partial charge is 0.332 e. The Morgan fingerprint density at radius 3 is 2.64 bits per heavy atom. The second-order valence-electron chi connectivity index (χ2n) is 5.69. The van der Waals surface area contributed by atoms with Crippen LogP contribution in [0.4, 0.5) is 0 Å². The molecule has 0 atom stereocenters. The molecule has 2 aromatic heterocycles. The van der Waals surface area contributed by atoms with Crippen LogP contribution in [-0.4, -0.2) is 15.1 Å². The van der Waals surface area contributed by atoms with Gasteiger partial charge in [0, 0.05) is 10.9 Å². The zero-order chi connectivity index (χ0) is 15.0.